The van der Waals surface area contributed by atoms with E-state index in [9.17, 15) is 4.79 Å². The van der Waals surface area contributed by atoms with Crippen molar-refractivity contribution < 1.29 is 9.53 Å². The van der Waals surface area contributed by atoms with Crippen molar-refractivity contribution in [2.45, 2.75) is 17.9 Å². The predicted molar refractivity (Wildman–Crippen MR) is 109 cm³/mol. The zero-order chi connectivity index (χ0) is 18.0. The molecular formula is C22H27ClN2O2. The average molecular weight is 387 g/mol. The monoisotopic (exact) mass is 386 g/mol. The standard InChI is InChI=1S/C22H26N2O2.ClH/c1-23-12-14-24(15-13-23)17-20-16-22(21(25)26-20,18-8-4-2-5-9-18)19-10-6-3-7-11-19;/h2-11,20H,12-17H2,1H3;1H. The van der Waals surface area contributed by atoms with Crippen molar-refractivity contribution in [2.75, 3.05) is 39.8 Å². The number of likely N-dealkylation sites (N-methyl/N-ethyl adjacent to an activating group) is 1. The summed E-state index contributed by atoms with van der Waals surface area (Å²) in [5.41, 5.74) is 1.36. The number of halogens is 1. The molecule has 0 N–H and O–H groups in total. The van der Waals surface area contributed by atoms with E-state index in [-0.39, 0.29) is 24.5 Å². The van der Waals surface area contributed by atoms with Gasteiger partial charge in [-0.3, -0.25) is 9.69 Å². The molecule has 5 heteroatoms. The van der Waals surface area contributed by atoms with Crippen molar-refractivity contribution >= 4 is 18.4 Å². The summed E-state index contributed by atoms with van der Waals surface area (Å²) >= 11 is 0. The van der Waals surface area contributed by atoms with Gasteiger partial charge in [-0.05, 0) is 18.2 Å². The van der Waals surface area contributed by atoms with Gasteiger partial charge >= 0.3 is 5.97 Å². The minimum Gasteiger partial charge on any atom is -0.460 e. The summed E-state index contributed by atoms with van der Waals surface area (Å²) in [4.78, 5) is 17.9. The molecule has 2 aromatic rings. The number of hydrogen-bond acceptors (Lipinski definition) is 4. The van der Waals surface area contributed by atoms with Gasteiger partial charge in [0.2, 0.25) is 0 Å². The van der Waals surface area contributed by atoms with Gasteiger partial charge in [0.1, 0.15) is 11.5 Å². The van der Waals surface area contributed by atoms with Crippen molar-refractivity contribution in [2.24, 2.45) is 0 Å². The molecule has 1 atom stereocenters. The fraction of sp³-hybridized carbons (Fsp3) is 0.409. The Bertz CT molecular complexity index is 706. The number of rotatable bonds is 4. The van der Waals surface area contributed by atoms with Gasteiger partial charge in [-0.25, -0.2) is 0 Å². The fourth-order valence-electron chi connectivity index (χ4n) is 4.22. The van der Waals surface area contributed by atoms with Crippen LogP contribution in [-0.4, -0.2) is 61.6 Å². The summed E-state index contributed by atoms with van der Waals surface area (Å²) in [5, 5.41) is 0. The predicted octanol–water partition coefficient (Wildman–Crippen LogP) is 2.96. The quantitative estimate of drug-likeness (QED) is 0.756. The van der Waals surface area contributed by atoms with Crippen LogP contribution in [0.3, 0.4) is 0 Å². The van der Waals surface area contributed by atoms with Crippen molar-refractivity contribution in [3.8, 4) is 0 Å². The Balaban J connectivity index is 0.00000210. The highest BCUT2D eigenvalue weighted by atomic mass is 35.5. The highest BCUT2D eigenvalue weighted by molar-refractivity contribution is 5.89. The lowest BCUT2D eigenvalue weighted by molar-refractivity contribution is -0.145. The topological polar surface area (TPSA) is 32.8 Å². The largest absolute Gasteiger partial charge is 0.460 e. The Kier molecular flexibility index (Phi) is 6.20. The molecule has 0 radical (unpaired) electrons. The van der Waals surface area contributed by atoms with Crippen molar-refractivity contribution in [1.82, 2.24) is 9.80 Å². The molecule has 0 spiro atoms. The molecule has 2 aliphatic rings. The molecule has 2 fully saturated rings. The zero-order valence-corrected chi connectivity index (χ0v) is 16.5. The highest BCUT2D eigenvalue weighted by Gasteiger charge is 2.51. The van der Waals surface area contributed by atoms with Gasteiger partial charge in [-0.1, -0.05) is 60.7 Å². The number of piperazine rings is 1. The summed E-state index contributed by atoms with van der Waals surface area (Å²) in [6, 6.07) is 20.2. The number of nitrogens with zero attached hydrogens (tertiary/aromatic N) is 2. The molecule has 0 amide bonds. The van der Waals surface area contributed by atoms with Crippen LogP contribution in [0.4, 0.5) is 0 Å². The van der Waals surface area contributed by atoms with Crippen LogP contribution < -0.4 is 0 Å². The number of hydrogen-bond donors (Lipinski definition) is 0. The molecular weight excluding hydrogens is 360 g/mol. The molecule has 1 unspecified atom stereocenters. The third-order valence-electron chi connectivity index (χ3n) is 5.75. The lowest BCUT2D eigenvalue weighted by Crippen LogP contribution is -2.47. The number of carbonyl (C=O) groups excluding carboxylic acids is 1. The fourth-order valence-corrected chi connectivity index (χ4v) is 4.22. The van der Waals surface area contributed by atoms with Crippen LogP contribution >= 0.6 is 12.4 Å². The first kappa shape index (κ1) is 19.9. The van der Waals surface area contributed by atoms with Crippen LogP contribution in [-0.2, 0) is 14.9 Å². The summed E-state index contributed by atoms with van der Waals surface area (Å²) < 4.78 is 5.92. The first-order chi connectivity index (χ1) is 12.7. The number of cyclic esters (lactones) is 1. The first-order valence-corrected chi connectivity index (χ1v) is 9.41. The Labute approximate surface area is 167 Å². The molecule has 4 nitrogen and oxygen atoms in total. The molecule has 0 aromatic heterocycles. The molecule has 2 heterocycles. The summed E-state index contributed by atoms with van der Waals surface area (Å²) in [5.74, 6) is -0.117. The molecule has 2 aromatic carbocycles. The molecule has 27 heavy (non-hydrogen) atoms. The smallest absolute Gasteiger partial charge is 0.321 e. The van der Waals surface area contributed by atoms with Crippen LogP contribution in [0.15, 0.2) is 60.7 Å². The Morgan fingerprint density at radius 1 is 0.926 bits per heavy atom. The maximum Gasteiger partial charge on any atom is 0.321 e. The first-order valence-electron chi connectivity index (χ1n) is 9.41. The Hall–Kier alpha value is -1.88. The zero-order valence-electron chi connectivity index (χ0n) is 15.7. The summed E-state index contributed by atoms with van der Waals surface area (Å²) in [7, 11) is 2.16. The Morgan fingerprint density at radius 3 is 1.96 bits per heavy atom. The van der Waals surface area contributed by atoms with Gasteiger partial charge in [0.25, 0.3) is 0 Å². The third kappa shape index (κ3) is 3.88. The van der Waals surface area contributed by atoms with E-state index in [4.69, 9.17) is 4.74 Å². The number of carbonyl (C=O) groups is 1. The van der Waals surface area contributed by atoms with Crippen molar-refractivity contribution in [1.29, 1.82) is 0 Å². The number of esters is 1. The van der Waals surface area contributed by atoms with Gasteiger partial charge in [0.05, 0.1) is 0 Å². The van der Waals surface area contributed by atoms with E-state index in [1.54, 1.807) is 0 Å². The minimum atomic E-state index is -0.695. The average Bonchev–Trinajstić information content (AvgIpc) is 3.02. The van der Waals surface area contributed by atoms with Gasteiger partial charge in [-0.2, -0.15) is 0 Å². The molecule has 0 bridgehead atoms. The second-order valence-electron chi connectivity index (χ2n) is 7.47. The molecule has 2 aliphatic heterocycles. The Morgan fingerprint density at radius 2 is 1.44 bits per heavy atom. The van der Waals surface area contributed by atoms with Crippen LogP contribution in [0.25, 0.3) is 0 Å². The summed E-state index contributed by atoms with van der Waals surface area (Å²) in [6.45, 7) is 5.04. The maximum atomic E-state index is 13.2. The molecule has 0 aliphatic carbocycles. The van der Waals surface area contributed by atoms with Crippen LogP contribution in [0.2, 0.25) is 0 Å². The summed E-state index contributed by atoms with van der Waals surface area (Å²) in [6.07, 6.45) is 0.637. The number of ether oxygens (including phenoxy) is 1. The van der Waals surface area contributed by atoms with E-state index in [0.717, 1.165) is 43.9 Å². The van der Waals surface area contributed by atoms with Crippen molar-refractivity contribution in [3.05, 3.63) is 71.8 Å². The van der Waals surface area contributed by atoms with E-state index in [1.165, 1.54) is 0 Å². The normalized spacial score (nSPS) is 22.9. The third-order valence-corrected chi connectivity index (χ3v) is 5.75. The van der Waals surface area contributed by atoms with Gasteiger partial charge < -0.3 is 9.64 Å². The van der Waals surface area contributed by atoms with Gasteiger partial charge in [0.15, 0.2) is 0 Å². The lowest BCUT2D eigenvalue weighted by atomic mass is 9.72. The van der Waals surface area contributed by atoms with Crippen LogP contribution in [0.1, 0.15) is 17.5 Å². The molecule has 4 rings (SSSR count). The van der Waals surface area contributed by atoms with E-state index in [0.29, 0.717) is 6.42 Å². The van der Waals surface area contributed by atoms with E-state index >= 15 is 0 Å². The van der Waals surface area contributed by atoms with Gasteiger partial charge in [0, 0.05) is 39.1 Å². The van der Waals surface area contributed by atoms with E-state index in [1.807, 2.05) is 60.7 Å². The van der Waals surface area contributed by atoms with Gasteiger partial charge in [-0.15, -0.1) is 12.4 Å². The molecule has 144 valence electrons. The lowest BCUT2D eigenvalue weighted by Gasteiger charge is -2.33. The minimum absolute atomic E-state index is 0. The van der Waals surface area contributed by atoms with Crippen molar-refractivity contribution in [3.63, 3.8) is 0 Å². The van der Waals surface area contributed by atoms with Crippen LogP contribution in [0.5, 0.6) is 0 Å². The maximum absolute atomic E-state index is 13.2. The highest BCUT2D eigenvalue weighted by Crippen LogP contribution is 2.43. The molecule has 0 saturated carbocycles. The SMILES string of the molecule is CN1CCN(CC2CC(c3ccccc3)(c3ccccc3)C(=O)O2)CC1.Cl. The number of benzene rings is 2. The second kappa shape index (κ2) is 8.42. The van der Waals surface area contributed by atoms with E-state index < -0.39 is 5.41 Å². The van der Waals surface area contributed by atoms with Crippen LogP contribution in [0, 0.1) is 0 Å². The molecule has 2 saturated heterocycles. The second-order valence-corrected chi connectivity index (χ2v) is 7.47. The van der Waals surface area contributed by atoms with E-state index in [2.05, 4.69) is 16.8 Å².